The molecule has 0 fully saturated rings. The molecule has 0 saturated heterocycles. The second-order valence-electron chi connectivity index (χ2n) is 5.29. The molecule has 92 valence electrons. The van der Waals surface area contributed by atoms with E-state index in [2.05, 4.69) is 39.9 Å². The molecule has 0 radical (unpaired) electrons. The molecule has 3 heteroatoms. The second kappa shape index (κ2) is 7.53. The lowest BCUT2D eigenvalue weighted by molar-refractivity contribution is 0.124. The molecule has 0 amide bonds. The third-order valence-electron chi connectivity index (χ3n) is 1.96. The molecule has 0 aromatic heterocycles. The first-order valence-corrected chi connectivity index (χ1v) is 6.87. The monoisotopic (exact) mass is 233 g/mol. The highest BCUT2D eigenvalue weighted by Crippen LogP contribution is 2.11. The summed E-state index contributed by atoms with van der Waals surface area (Å²) in [6.45, 7) is 11.9. The normalized spacial score (nSPS) is 14.6. The predicted octanol–water partition coefficient (Wildman–Crippen LogP) is 2.78. The summed E-state index contributed by atoms with van der Waals surface area (Å²) in [5, 5.41) is 3.59. The van der Waals surface area contributed by atoms with Crippen molar-refractivity contribution >= 4 is 11.8 Å². The molecule has 0 bridgehead atoms. The first-order valence-electron chi connectivity index (χ1n) is 5.72. The van der Waals surface area contributed by atoms with Crippen LogP contribution in [-0.4, -0.2) is 36.8 Å². The summed E-state index contributed by atoms with van der Waals surface area (Å²) < 4.78 is 5.18. The Hall–Kier alpha value is 0.270. The summed E-state index contributed by atoms with van der Waals surface area (Å²) in [5.74, 6) is 3.20. The fourth-order valence-electron chi connectivity index (χ4n) is 1.59. The van der Waals surface area contributed by atoms with Gasteiger partial charge in [0.15, 0.2) is 0 Å². The number of rotatable bonds is 8. The topological polar surface area (TPSA) is 21.3 Å². The van der Waals surface area contributed by atoms with Gasteiger partial charge >= 0.3 is 0 Å². The Morgan fingerprint density at radius 3 is 2.27 bits per heavy atom. The van der Waals surface area contributed by atoms with Gasteiger partial charge in [-0.3, -0.25) is 0 Å². The van der Waals surface area contributed by atoms with Gasteiger partial charge in [0, 0.05) is 24.4 Å². The minimum Gasteiger partial charge on any atom is -0.383 e. The van der Waals surface area contributed by atoms with Crippen LogP contribution in [0.15, 0.2) is 0 Å². The van der Waals surface area contributed by atoms with Crippen molar-refractivity contribution in [1.82, 2.24) is 5.32 Å². The molecule has 1 N–H and O–H groups in total. The van der Waals surface area contributed by atoms with Crippen molar-refractivity contribution in [3.63, 3.8) is 0 Å². The fraction of sp³-hybridized carbons (Fsp3) is 1.00. The van der Waals surface area contributed by atoms with Crippen LogP contribution < -0.4 is 5.32 Å². The van der Waals surface area contributed by atoms with Gasteiger partial charge in [-0.25, -0.2) is 0 Å². The van der Waals surface area contributed by atoms with Crippen LogP contribution >= 0.6 is 11.8 Å². The highest BCUT2D eigenvalue weighted by molar-refractivity contribution is 7.99. The van der Waals surface area contributed by atoms with Crippen molar-refractivity contribution in [2.75, 3.05) is 25.2 Å². The van der Waals surface area contributed by atoms with Crippen LogP contribution in [0.3, 0.4) is 0 Å². The number of hydrogen-bond acceptors (Lipinski definition) is 3. The lowest BCUT2D eigenvalue weighted by atomic mass is 10.1. The summed E-state index contributed by atoms with van der Waals surface area (Å²) in [6.07, 6.45) is 0. The molecular formula is C12H27NOS. The molecule has 0 aliphatic carbocycles. The highest BCUT2D eigenvalue weighted by atomic mass is 32.2. The van der Waals surface area contributed by atoms with Gasteiger partial charge in [-0.2, -0.15) is 11.8 Å². The van der Waals surface area contributed by atoms with Gasteiger partial charge in [0.05, 0.1) is 6.61 Å². The Labute approximate surface area is 99.5 Å². The summed E-state index contributed by atoms with van der Waals surface area (Å²) in [4.78, 5) is 0. The van der Waals surface area contributed by atoms with Gasteiger partial charge in [0.2, 0.25) is 0 Å². The third-order valence-corrected chi connectivity index (χ3v) is 3.60. The molecule has 0 heterocycles. The number of thioether (sulfide) groups is 1. The Balaban J connectivity index is 3.67. The van der Waals surface area contributed by atoms with E-state index >= 15 is 0 Å². The Morgan fingerprint density at radius 1 is 1.20 bits per heavy atom. The fourth-order valence-corrected chi connectivity index (χ4v) is 2.64. The molecule has 0 aliphatic rings. The first kappa shape index (κ1) is 15.3. The van der Waals surface area contributed by atoms with Crippen LogP contribution in [0.4, 0.5) is 0 Å². The van der Waals surface area contributed by atoms with E-state index in [1.807, 2.05) is 11.8 Å². The smallest absolute Gasteiger partial charge is 0.0639 e. The van der Waals surface area contributed by atoms with Crippen LogP contribution in [0.2, 0.25) is 0 Å². The highest BCUT2D eigenvalue weighted by Gasteiger charge is 2.19. The van der Waals surface area contributed by atoms with Crippen molar-refractivity contribution in [1.29, 1.82) is 0 Å². The van der Waals surface area contributed by atoms with E-state index in [0.29, 0.717) is 6.04 Å². The second-order valence-corrected chi connectivity index (χ2v) is 6.37. The van der Waals surface area contributed by atoms with Crippen LogP contribution in [0, 0.1) is 5.92 Å². The number of ether oxygens (including phenoxy) is 1. The number of nitrogens with one attached hydrogen (secondary N) is 1. The number of methoxy groups -OCH3 is 1. The predicted molar refractivity (Wildman–Crippen MR) is 70.7 cm³/mol. The van der Waals surface area contributed by atoms with E-state index in [9.17, 15) is 0 Å². The largest absolute Gasteiger partial charge is 0.383 e. The zero-order chi connectivity index (χ0) is 11.9. The van der Waals surface area contributed by atoms with Crippen LogP contribution in [0.25, 0.3) is 0 Å². The van der Waals surface area contributed by atoms with Gasteiger partial charge in [-0.1, -0.05) is 13.8 Å². The van der Waals surface area contributed by atoms with Crippen molar-refractivity contribution < 1.29 is 4.74 Å². The zero-order valence-electron chi connectivity index (χ0n) is 11.1. The van der Waals surface area contributed by atoms with Crippen LogP contribution in [-0.2, 0) is 4.74 Å². The standard InChI is InChI=1S/C12H27NOS/c1-10(2)7-15-8-11(3)13-12(4,5)9-14-6/h10-11,13H,7-9H2,1-6H3. The number of hydrogen-bond donors (Lipinski definition) is 1. The van der Waals surface area contributed by atoms with Gasteiger partial charge in [-0.05, 0) is 32.4 Å². The maximum Gasteiger partial charge on any atom is 0.0639 e. The molecule has 1 unspecified atom stereocenters. The Bertz CT molecular complexity index is 160. The zero-order valence-corrected chi connectivity index (χ0v) is 11.9. The molecule has 15 heavy (non-hydrogen) atoms. The lowest BCUT2D eigenvalue weighted by Gasteiger charge is -2.29. The molecule has 0 rings (SSSR count). The van der Waals surface area contributed by atoms with Crippen molar-refractivity contribution in [3.05, 3.63) is 0 Å². The van der Waals surface area contributed by atoms with Crippen LogP contribution in [0.1, 0.15) is 34.6 Å². The SMILES string of the molecule is COCC(C)(C)NC(C)CSCC(C)C. The maximum atomic E-state index is 5.18. The van der Waals surface area contributed by atoms with Gasteiger partial charge in [0.1, 0.15) is 0 Å². The molecule has 0 aliphatic heterocycles. The van der Waals surface area contributed by atoms with E-state index in [1.165, 1.54) is 11.5 Å². The lowest BCUT2D eigenvalue weighted by Crippen LogP contribution is -2.48. The summed E-state index contributed by atoms with van der Waals surface area (Å²) in [5.41, 5.74) is 0.0759. The molecule has 0 spiro atoms. The summed E-state index contributed by atoms with van der Waals surface area (Å²) in [7, 11) is 1.75. The van der Waals surface area contributed by atoms with E-state index in [4.69, 9.17) is 4.74 Å². The van der Waals surface area contributed by atoms with E-state index < -0.39 is 0 Å². The molecule has 1 atom stereocenters. The minimum absolute atomic E-state index is 0.0759. The van der Waals surface area contributed by atoms with E-state index in [0.717, 1.165) is 12.5 Å². The molecule has 0 saturated carbocycles. The first-order chi connectivity index (χ1) is 6.87. The maximum absolute atomic E-state index is 5.18. The summed E-state index contributed by atoms with van der Waals surface area (Å²) in [6, 6.07) is 0.541. The molecular weight excluding hydrogens is 206 g/mol. The average Bonchev–Trinajstić information content (AvgIpc) is 2.01. The molecule has 0 aromatic rings. The van der Waals surface area contributed by atoms with Crippen LogP contribution in [0.5, 0.6) is 0 Å². The van der Waals surface area contributed by atoms with Crippen molar-refractivity contribution in [3.8, 4) is 0 Å². The third kappa shape index (κ3) is 9.21. The summed E-state index contributed by atoms with van der Waals surface area (Å²) >= 11 is 2.02. The van der Waals surface area contributed by atoms with E-state index in [-0.39, 0.29) is 5.54 Å². The Morgan fingerprint density at radius 2 is 1.80 bits per heavy atom. The molecule has 0 aromatic carbocycles. The van der Waals surface area contributed by atoms with Crippen molar-refractivity contribution in [2.24, 2.45) is 5.92 Å². The average molecular weight is 233 g/mol. The quantitative estimate of drug-likeness (QED) is 0.696. The van der Waals surface area contributed by atoms with Gasteiger partial charge < -0.3 is 10.1 Å². The molecule has 2 nitrogen and oxygen atoms in total. The Kier molecular flexibility index (Phi) is 7.66. The van der Waals surface area contributed by atoms with E-state index in [1.54, 1.807) is 7.11 Å². The minimum atomic E-state index is 0.0759. The van der Waals surface area contributed by atoms with Crippen molar-refractivity contribution in [2.45, 2.75) is 46.2 Å². The van der Waals surface area contributed by atoms with Gasteiger partial charge in [-0.15, -0.1) is 0 Å². The van der Waals surface area contributed by atoms with Gasteiger partial charge in [0.25, 0.3) is 0 Å².